The number of aromatic nitrogens is 2. The number of ether oxygens (including phenoxy) is 1. The van der Waals surface area contributed by atoms with Gasteiger partial charge in [-0.05, 0) is 134 Å². The Labute approximate surface area is 503 Å². The Balaban J connectivity index is 0.958. The van der Waals surface area contributed by atoms with Crippen molar-refractivity contribution < 1.29 is 11.9 Å². The fourth-order valence-electron chi connectivity index (χ4n) is 12.2. The maximum absolute atomic E-state index is 10.0. The van der Waals surface area contributed by atoms with E-state index >= 15 is 0 Å². The summed E-state index contributed by atoms with van der Waals surface area (Å²) in [5.41, 5.74) is 16.9. The zero-order valence-corrected chi connectivity index (χ0v) is 50.8. The molecule has 12 aromatic rings. The Morgan fingerprint density at radius 3 is 1.72 bits per heavy atom. The van der Waals surface area contributed by atoms with Gasteiger partial charge in [0.15, 0.2) is 0 Å². The van der Waals surface area contributed by atoms with Crippen molar-refractivity contribution in [2.75, 3.05) is 16.5 Å². The molecule has 0 N–H and O–H groups in total. The molecule has 7 heteroatoms. The van der Waals surface area contributed by atoms with Crippen molar-refractivity contribution in [2.45, 2.75) is 106 Å². The van der Waals surface area contributed by atoms with Crippen LogP contribution in [0.25, 0.3) is 87.8 Å². The van der Waals surface area contributed by atoms with Crippen molar-refractivity contribution in [3.05, 3.63) is 234 Å². The topological polar surface area (TPSA) is 51.0 Å². The van der Waals surface area contributed by atoms with Gasteiger partial charge in [0.1, 0.15) is 35.2 Å². The van der Waals surface area contributed by atoms with Crippen LogP contribution < -0.4 is 14.5 Å². The zero-order chi connectivity index (χ0) is 61.1. The number of nitrogens with zero attached hydrogens (tertiary/aromatic N) is 5. The summed E-state index contributed by atoms with van der Waals surface area (Å²) in [7, 11) is 0. The fourth-order valence-corrected chi connectivity index (χ4v) is 12.2. The second-order valence-corrected chi connectivity index (χ2v) is 27.0. The molecule has 0 amide bonds. The molecular formula is C78H73N5O2. The maximum Gasteiger partial charge on any atom is 0.229 e. The highest BCUT2D eigenvalue weighted by molar-refractivity contribution is 6.24. The first-order chi connectivity index (χ1) is 41.4. The Kier molecular flexibility index (Phi) is 12.6. The first-order valence-corrected chi connectivity index (χ1v) is 29.6. The zero-order valence-electron chi connectivity index (χ0n) is 52.8. The van der Waals surface area contributed by atoms with Crippen molar-refractivity contribution in [1.29, 1.82) is 0 Å². The summed E-state index contributed by atoms with van der Waals surface area (Å²) >= 11 is 0. The van der Waals surface area contributed by atoms with Crippen molar-refractivity contribution >= 4 is 72.2 Å². The summed E-state index contributed by atoms with van der Waals surface area (Å²) in [6, 6.07) is 68.0. The normalized spacial score (nSPS) is 13.6. The molecule has 0 radical (unpaired) electrons. The van der Waals surface area contributed by atoms with Crippen molar-refractivity contribution in [2.24, 2.45) is 5.41 Å². The highest BCUT2D eigenvalue weighted by Gasteiger charge is 2.33. The lowest BCUT2D eigenvalue weighted by Gasteiger charge is -2.30. The molecule has 3 aromatic heterocycles. The standard InChI is InChI=1S/C78H73N5O2/c1-75(2,3)46-52-40-70(80-47-64(52)51-38-53(76(4,5)6)41-54(39-51)77(7,8)9)83-68-37-36-60-59-30-23-31-65(79-13)73(59)85-74(60)71(68)61-35-34-58(45-69(61)83)84-57-29-22-28-56(44-57)81-48-82(67-33-21-20-32-66(67)81)72-62(49-24-16-14-17-25-49)42-55(78(10,11)12)43-63(72)50-26-18-15-19-27-50/h14-45,47H,46,48H2,1-12H3/i46D2. The van der Waals surface area contributed by atoms with Gasteiger partial charge >= 0.3 is 0 Å². The second kappa shape index (κ2) is 20.5. The lowest BCUT2D eigenvalue weighted by molar-refractivity contribution is 0.411. The van der Waals surface area contributed by atoms with Gasteiger partial charge in [-0.25, -0.2) is 9.83 Å². The SMILES string of the molecule is [2H]C([2H])(c1cc(-n2c3cc(Oc4cccc(N5CN(c6c(-c7ccccc7)cc(C(C)(C)C)cc6-c6ccccc6)c6ccccc65)c4)ccc3c3c4oc5c([N+]#[C-])cccc5c4ccc32)ncc1-c1cc(C(C)(C)C)cc(C(C)(C)C)c1)C(C)(C)C. The minimum atomic E-state index is -1.81. The number of hydrogen-bond donors (Lipinski definition) is 0. The molecule has 7 nitrogen and oxygen atoms in total. The summed E-state index contributed by atoms with van der Waals surface area (Å²) in [6.07, 6.45) is 0.0647. The van der Waals surface area contributed by atoms with Gasteiger partial charge in [0, 0.05) is 59.6 Å². The van der Waals surface area contributed by atoms with Crippen LogP contribution in [0, 0.1) is 12.0 Å². The highest BCUT2D eigenvalue weighted by atomic mass is 16.5. The summed E-state index contributed by atoms with van der Waals surface area (Å²) in [6.45, 7) is 34.7. The molecule has 422 valence electrons. The summed E-state index contributed by atoms with van der Waals surface area (Å²) in [4.78, 5) is 14.0. The van der Waals surface area contributed by atoms with Crippen LogP contribution in [-0.4, -0.2) is 16.2 Å². The molecule has 13 rings (SSSR count). The van der Waals surface area contributed by atoms with E-state index in [-0.39, 0.29) is 16.2 Å². The lowest BCUT2D eigenvalue weighted by Crippen LogP contribution is -2.25. The molecule has 0 fully saturated rings. The van der Waals surface area contributed by atoms with Gasteiger partial charge in [-0.2, -0.15) is 0 Å². The number of furan rings is 1. The molecule has 1 aliphatic heterocycles. The summed E-state index contributed by atoms with van der Waals surface area (Å²) in [5, 5.41) is 3.52. The molecule has 0 bridgehead atoms. The van der Waals surface area contributed by atoms with E-state index in [1.54, 1.807) is 6.07 Å². The minimum absolute atomic E-state index is 0.0980. The van der Waals surface area contributed by atoms with E-state index in [4.69, 9.17) is 20.7 Å². The Morgan fingerprint density at radius 1 is 0.518 bits per heavy atom. The van der Waals surface area contributed by atoms with Gasteiger partial charge in [0.25, 0.3) is 0 Å². The molecular weight excluding hydrogens is 1040 g/mol. The number of anilines is 4. The van der Waals surface area contributed by atoms with Crippen LogP contribution in [0.1, 0.15) is 108 Å². The first-order valence-electron chi connectivity index (χ1n) is 30.6. The molecule has 0 aliphatic carbocycles. The molecule has 4 heterocycles. The molecule has 0 saturated heterocycles. The second-order valence-electron chi connectivity index (χ2n) is 27.0. The van der Waals surface area contributed by atoms with E-state index in [2.05, 4.69) is 239 Å². The third kappa shape index (κ3) is 10.1. The van der Waals surface area contributed by atoms with E-state index in [0.29, 0.717) is 46.4 Å². The quantitative estimate of drug-likeness (QED) is 0.135. The molecule has 0 unspecified atom stereocenters. The van der Waals surface area contributed by atoms with E-state index in [0.717, 1.165) is 77.6 Å². The van der Waals surface area contributed by atoms with E-state index in [1.807, 2.05) is 57.3 Å². The largest absolute Gasteiger partial charge is 0.466 e. The smallest absolute Gasteiger partial charge is 0.229 e. The van der Waals surface area contributed by atoms with Gasteiger partial charge in [-0.1, -0.05) is 198 Å². The van der Waals surface area contributed by atoms with E-state index in [1.165, 1.54) is 27.8 Å². The molecule has 0 saturated carbocycles. The van der Waals surface area contributed by atoms with Crippen molar-refractivity contribution in [3.63, 3.8) is 0 Å². The Hall–Kier alpha value is -9.38. The monoisotopic (exact) mass is 1110 g/mol. The number of para-hydroxylation sites is 3. The molecule has 9 aromatic carbocycles. The third-order valence-corrected chi connectivity index (χ3v) is 16.6. The van der Waals surface area contributed by atoms with Gasteiger partial charge in [-0.15, -0.1) is 0 Å². The minimum Gasteiger partial charge on any atom is -0.466 e. The van der Waals surface area contributed by atoms with Crippen LogP contribution in [0.2, 0.25) is 0 Å². The van der Waals surface area contributed by atoms with Gasteiger partial charge in [0.2, 0.25) is 5.69 Å². The van der Waals surface area contributed by atoms with Crippen LogP contribution in [0.15, 0.2) is 205 Å². The average Bonchev–Trinajstić information content (AvgIpc) is 1.65. The third-order valence-electron chi connectivity index (χ3n) is 16.6. The van der Waals surface area contributed by atoms with Gasteiger partial charge in [0.05, 0.1) is 40.1 Å². The van der Waals surface area contributed by atoms with Gasteiger partial charge in [-0.3, -0.25) is 4.57 Å². The summed E-state index contributed by atoms with van der Waals surface area (Å²) in [5.74, 6) is 1.83. The maximum atomic E-state index is 10.0. The predicted octanol–water partition coefficient (Wildman–Crippen LogP) is 22.2. The number of benzene rings is 9. The Bertz CT molecular complexity index is 4640. The van der Waals surface area contributed by atoms with E-state index < -0.39 is 11.8 Å². The first kappa shape index (κ1) is 52.4. The predicted molar refractivity (Wildman–Crippen MR) is 356 cm³/mol. The Morgan fingerprint density at radius 2 is 1.09 bits per heavy atom. The van der Waals surface area contributed by atoms with Crippen molar-refractivity contribution in [3.8, 4) is 50.7 Å². The van der Waals surface area contributed by atoms with Crippen molar-refractivity contribution in [1.82, 2.24) is 9.55 Å². The molecule has 0 spiro atoms. The van der Waals surface area contributed by atoms with Crippen LogP contribution in [0.3, 0.4) is 0 Å². The van der Waals surface area contributed by atoms with Gasteiger partial charge < -0.3 is 19.0 Å². The van der Waals surface area contributed by atoms with Crippen LogP contribution in [0.5, 0.6) is 11.5 Å². The average molecular weight is 1110 g/mol. The van der Waals surface area contributed by atoms with Crippen LogP contribution in [-0.2, 0) is 22.6 Å². The summed E-state index contributed by atoms with van der Waals surface area (Å²) < 4.78 is 36.0. The fraction of sp³-hybridized carbons (Fsp3) is 0.231. The molecule has 1 aliphatic rings. The molecule has 0 atom stereocenters. The molecule has 85 heavy (non-hydrogen) atoms. The van der Waals surface area contributed by atoms with Crippen LogP contribution in [0.4, 0.5) is 28.4 Å². The van der Waals surface area contributed by atoms with E-state index in [9.17, 15) is 2.74 Å². The number of fused-ring (bicyclic) bond motifs is 8. The highest BCUT2D eigenvalue weighted by Crippen LogP contribution is 2.52. The number of hydrogen-bond acceptors (Lipinski definition) is 5. The lowest BCUT2D eigenvalue weighted by atomic mass is 9.78. The van der Waals surface area contributed by atoms with Crippen LogP contribution >= 0.6 is 0 Å². The number of rotatable bonds is 9. The number of pyridine rings is 1.